The van der Waals surface area contributed by atoms with E-state index in [2.05, 4.69) is 4.84 Å². The Labute approximate surface area is 118 Å². The number of rotatable bonds is 7. The van der Waals surface area contributed by atoms with Crippen LogP contribution in [-0.4, -0.2) is 45.9 Å². The highest BCUT2D eigenvalue weighted by Crippen LogP contribution is 2.27. The molecule has 1 fully saturated rings. The molecule has 1 unspecified atom stereocenters. The molecule has 1 aliphatic heterocycles. The van der Waals surface area contributed by atoms with E-state index in [1.54, 1.807) is 21.6 Å². The maximum absolute atomic E-state index is 11.8. The molecule has 18 heavy (non-hydrogen) atoms. The fourth-order valence-corrected chi connectivity index (χ4v) is 3.92. The first-order chi connectivity index (χ1) is 8.56. The summed E-state index contributed by atoms with van der Waals surface area (Å²) < 4.78 is 0. The van der Waals surface area contributed by atoms with Crippen molar-refractivity contribution in [3.8, 4) is 0 Å². The van der Waals surface area contributed by atoms with Crippen LogP contribution in [0.25, 0.3) is 0 Å². The van der Waals surface area contributed by atoms with Crippen LogP contribution in [0.4, 0.5) is 0 Å². The lowest BCUT2D eigenvalue weighted by molar-refractivity contribution is -0.195. The summed E-state index contributed by atoms with van der Waals surface area (Å²) in [7, 11) is 3.49. The molecule has 0 aromatic heterocycles. The first-order valence-corrected chi connectivity index (χ1v) is 9.16. The fourth-order valence-electron chi connectivity index (χ4n) is 1.36. The average Bonchev–Trinajstić information content (AvgIpc) is 2.56. The molecule has 0 saturated carbocycles. The van der Waals surface area contributed by atoms with Crippen molar-refractivity contribution in [3.63, 3.8) is 0 Å². The fraction of sp³-hybridized carbons (Fsp3) is 0.700. The lowest BCUT2D eigenvalue weighted by atomic mass is 10.4. The maximum atomic E-state index is 11.8. The number of amides is 2. The van der Waals surface area contributed by atoms with Crippen molar-refractivity contribution in [2.24, 2.45) is 0 Å². The standard InChI is InChI=1S/C10H15NO4S3/c1-7(12)15-11-9(13)6-8(10(11)14)17-4-3-5-18-16-2/h8H,3-6H2,1-2H3. The zero-order valence-corrected chi connectivity index (χ0v) is 12.7. The summed E-state index contributed by atoms with van der Waals surface area (Å²) in [6.07, 6.45) is 3.13. The van der Waals surface area contributed by atoms with Gasteiger partial charge in [0.05, 0.1) is 11.7 Å². The number of imide groups is 1. The van der Waals surface area contributed by atoms with Gasteiger partial charge in [-0.05, 0) is 18.4 Å². The topological polar surface area (TPSA) is 63.7 Å². The molecular weight excluding hydrogens is 294 g/mol. The number of carbonyl (C=O) groups is 3. The van der Waals surface area contributed by atoms with Crippen molar-refractivity contribution in [1.82, 2.24) is 5.06 Å². The second-order valence-corrected chi connectivity index (χ2v) is 7.51. The van der Waals surface area contributed by atoms with Gasteiger partial charge in [0, 0.05) is 12.7 Å². The number of hydroxylamine groups is 2. The van der Waals surface area contributed by atoms with Crippen molar-refractivity contribution in [3.05, 3.63) is 0 Å². The van der Waals surface area contributed by atoms with E-state index < -0.39 is 23.0 Å². The minimum atomic E-state index is -0.654. The molecule has 1 aliphatic rings. The van der Waals surface area contributed by atoms with Crippen LogP contribution in [0.2, 0.25) is 0 Å². The average molecular weight is 309 g/mol. The smallest absolute Gasteiger partial charge is 0.330 e. The number of hydrogen-bond donors (Lipinski definition) is 0. The van der Waals surface area contributed by atoms with Crippen LogP contribution in [0.15, 0.2) is 0 Å². The molecule has 5 nitrogen and oxygen atoms in total. The van der Waals surface area contributed by atoms with E-state index in [9.17, 15) is 14.4 Å². The van der Waals surface area contributed by atoms with Crippen molar-refractivity contribution < 1.29 is 19.2 Å². The van der Waals surface area contributed by atoms with Gasteiger partial charge < -0.3 is 4.84 Å². The summed E-state index contributed by atoms with van der Waals surface area (Å²) in [5.74, 6) is 0.338. The second kappa shape index (κ2) is 7.96. The van der Waals surface area contributed by atoms with E-state index >= 15 is 0 Å². The third-order valence-electron chi connectivity index (χ3n) is 2.09. The van der Waals surface area contributed by atoms with Gasteiger partial charge in [-0.25, -0.2) is 4.79 Å². The summed E-state index contributed by atoms with van der Waals surface area (Å²) in [5, 5.41) is 0.188. The van der Waals surface area contributed by atoms with Gasteiger partial charge in [0.15, 0.2) is 0 Å². The van der Waals surface area contributed by atoms with Crippen LogP contribution < -0.4 is 0 Å². The van der Waals surface area contributed by atoms with Gasteiger partial charge in [-0.2, -0.15) is 0 Å². The first-order valence-electron chi connectivity index (χ1n) is 5.38. The predicted octanol–water partition coefficient (Wildman–Crippen LogP) is 1.73. The molecule has 0 bridgehead atoms. The van der Waals surface area contributed by atoms with Gasteiger partial charge in [-0.3, -0.25) is 9.59 Å². The maximum Gasteiger partial charge on any atom is 0.330 e. The minimum absolute atomic E-state index is 0.118. The molecule has 0 spiro atoms. The summed E-state index contributed by atoms with van der Waals surface area (Å²) in [6, 6.07) is 0. The van der Waals surface area contributed by atoms with Crippen molar-refractivity contribution in [2.75, 3.05) is 17.8 Å². The van der Waals surface area contributed by atoms with E-state index in [1.807, 2.05) is 6.26 Å². The molecule has 2 amide bonds. The summed E-state index contributed by atoms with van der Waals surface area (Å²) in [5.41, 5.74) is 0. The van der Waals surface area contributed by atoms with E-state index in [4.69, 9.17) is 0 Å². The Morgan fingerprint density at radius 2 is 2.17 bits per heavy atom. The second-order valence-electron chi connectivity index (χ2n) is 3.51. The normalized spacial score (nSPS) is 19.4. The Hall–Kier alpha value is -0.340. The van der Waals surface area contributed by atoms with E-state index in [-0.39, 0.29) is 6.42 Å². The van der Waals surface area contributed by atoms with Crippen LogP contribution >= 0.6 is 33.3 Å². The molecule has 102 valence electrons. The Kier molecular flexibility index (Phi) is 6.95. The molecule has 0 aromatic rings. The van der Waals surface area contributed by atoms with E-state index in [1.165, 1.54) is 18.7 Å². The molecule has 0 N–H and O–H groups in total. The molecule has 1 saturated heterocycles. The number of thioether (sulfide) groups is 1. The third-order valence-corrected chi connectivity index (χ3v) is 5.28. The third kappa shape index (κ3) is 4.74. The Balaban J connectivity index is 2.33. The number of hydrogen-bond acceptors (Lipinski definition) is 7. The molecule has 1 atom stereocenters. The summed E-state index contributed by atoms with van der Waals surface area (Å²) in [4.78, 5) is 38.6. The monoisotopic (exact) mass is 309 g/mol. The molecule has 1 heterocycles. The Morgan fingerprint density at radius 3 is 2.78 bits per heavy atom. The van der Waals surface area contributed by atoms with Gasteiger partial charge >= 0.3 is 5.97 Å². The highest BCUT2D eigenvalue weighted by atomic mass is 33.1. The zero-order chi connectivity index (χ0) is 13.5. The van der Waals surface area contributed by atoms with Crippen LogP contribution in [0.5, 0.6) is 0 Å². The van der Waals surface area contributed by atoms with Gasteiger partial charge in [0.25, 0.3) is 11.8 Å². The first kappa shape index (κ1) is 15.7. The van der Waals surface area contributed by atoms with E-state index in [0.717, 1.165) is 17.9 Å². The van der Waals surface area contributed by atoms with Gasteiger partial charge in [-0.15, -0.1) is 16.8 Å². The van der Waals surface area contributed by atoms with Crippen LogP contribution in [0.1, 0.15) is 19.8 Å². The summed E-state index contributed by atoms with van der Waals surface area (Å²) in [6.45, 7) is 1.17. The largest absolute Gasteiger partial charge is 0.331 e. The van der Waals surface area contributed by atoms with Crippen molar-refractivity contribution >= 4 is 51.1 Å². The summed E-state index contributed by atoms with van der Waals surface area (Å²) >= 11 is 1.45. The lowest BCUT2D eigenvalue weighted by Crippen LogP contribution is -2.33. The zero-order valence-electron chi connectivity index (χ0n) is 10.2. The van der Waals surface area contributed by atoms with Crippen molar-refractivity contribution in [2.45, 2.75) is 25.0 Å². The molecule has 0 radical (unpaired) electrons. The molecule has 8 heteroatoms. The van der Waals surface area contributed by atoms with Gasteiger partial charge in [-0.1, -0.05) is 21.6 Å². The van der Waals surface area contributed by atoms with Crippen molar-refractivity contribution in [1.29, 1.82) is 0 Å². The van der Waals surface area contributed by atoms with Crippen LogP contribution in [-0.2, 0) is 19.2 Å². The molecule has 0 aliphatic carbocycles. The van der Waals surface area contributed by atoms with Crippen LogP contribution in [0.3, 0.4) is 0 Å². The molecular formula is C10H15NO4S3. The SMILES string of the molecule is CSSCCCSC1CC(=O)N(OC(C)=O)C1=O. The highest BCUT2D eigenvalue weighted by molar-refractivity contribution is 8.76. The quantitative estimate of drug-likeness (QED) is 0.403. The van der Waals surface area contributed by atoms with E-state index in [0.29, 0.717) is 5.06 Å². The van der Waals surface area contributed by atoms with Crippen LogP contribution in [0, 0.1) is 0 Å². The number of carbonyl (C=O) groups excluding carboxylic acids is 3. The Bertz CT molecular complexity index is 337. The van der Waals surface area contributed by atoms with Gasteiger partial charge in [0.2, 0.25) is 0 Å². The predicted molar refractivity (Wildman–Crippen MR) is 75.1 cm³/mol. The molecule has 0 aromatic carbocycles. The Morgan fingerprint density at radius 1 is 1.44 bits per heavy atom. The highest BCUT2D eigenvalue weighted by Gasteiger charge is 2.41. The number of nitrogens with zero attached hydrogens (tertiary/aromatic N) is 1. The molecule has 1 rings (SSSR count). The van der Waals surface area contributed by atoms with Gasteiger partial charge in [0.1, 0.15) is 0 Å². The minimum Gasteiger partial charge on any atom is -0.331 e. The lowest BCUT2D eigenvalue weighted by Gasteiger charge is -2.12.